The molecular formula is C17H25ClN2O. The van der Waals surface area contributed by atoms with Crippen LogP contribution in [0.2, 0.25) is 5.02 Å². The van der Waals surface area contributed by atoms with Crippen LogP contribution >= 0.6 is 11.6 Å². The summed E-state index contributed by atoms with van der Waals surface area (Å²) in [7, 11) is 0. The number of nitrogens with one attached hydrogen (secondary N) is 1. The SMILES string of the molecule is CCCC(NCC(=O)N1CCCCC1)c1ccc(Cl)cc1. The number of halogens is 1. The monoisotopic (exact) mass is 308 g/mol. The van der Waals surface area contributed by atoms with Gasteiger partial charge in [-0.25, -0.2) is 0 Å². The Morgan fingerprint density at radius 1 is 1.24 bits per heavy atom. The Hall–Kier alpha value is -1.06. The van der Waals surface area contributed by atoms with Crippen molar-refractivity contribution in [1.29, 1.82) is 0 Å². The molecule has 1 saturated heterocycles. The van der Waals surface area contributed by atoms with Gasteiger partial charge in [0.15, 0.2) is 0 Å². The number of rotatable bonds is 6. The Bertz CT molecular complexity index is 441. The summed E-state index contributed by atoms with van der Waals surface area (Å²) in [6, 6.07) is 8.13. The van der Waals surface area contributed by atoms with Crippen molar-refractivity contribution in [2.45, 2.75) is 45.1 Å². The smallest absolute Gasteiger partial charge is 0.236 e. The average Bonchev–Trinajstić information content (AvgIpc) is 2.53. The summed E-state index contributed by atoms with van der Waals surface area (Å²) in [4.78, 5) is 14.2. The first-order valence-corrected chi connectivity index (χ1v) is 8.35. The van der Waals surface area contributed by atoms with Gasteiger partial charge >= 0.3 is 0 Å². The lowest BCUT2D eigenvalue weighted by Gasteiger charge is -2.28. The van der Waals surface area contributed by atoms with Gasteiger partial charge in [-0.05, 0) is 43.4 Å². The Morgan fingerprint density at radius 2 is 1.90 bits per heavy atom. The van der Waals surface area contributed by atoms with E-state index >= 15 is 0 Å². The maximum atomic E-state index is 12.2. The molecule has 0 aromatic heterocycles. The molecule has 1 atom stereocenters. The predicted molar refractivity (Wildman–Crippen MR) is 87.5 cm³/mol. The van der Waals surface area contributed by atoms with Crippen LogP contribution in [-0.2, 0) is 4.79 Å². The number of hydrogen-bond donors (Lipinski definition) is 1. The van der Waals surface area contributed by atoms with Crippen molar-refractivity contribution in [3.63, 3.8) is 0 Å². The van der Waals surface area contributed by atoms with E-state index in [1.807, 2.05) is 29.2 Å². The molecule has 0 bridgehead atoms. The third kappa shape index (κ3) is 5.01. The molecule has 1 aromatic rings. The second kappa shape index (κ2) is 8.40. The molecule has 3 nitrogen and oxygen atoms in total. The molecule has 4 heteroatoms. The minimum absolute atomic E-state index is 0.223. The maximum Gasteiger partial charge on any atom is 0.236 e. The van der Waals surface area contributed by atoms with Crippen LogP contribution in [0.3, 0.4) is 0 Å². The van der Waals surface area contributed by atoms with Gasteiger partial charge in [0.25, 0.3) is 0 Å². The number of carbonyl (C=O) groups excluding carboxylic acids is 1. The molecule has 1 unspecified atom stereocenters. The van der Waals surface area contributed by atoms with Crippen molar-refractivity contribution in [2.24, 2.45) is 0 Å². The highest BCUT2D eigenvalue weighted by Gasteiger charge is 2.18. The van der Waals surface area contributed by atoms with E-state index in [-0.39, 0.29) is 11.9 Å². The van der Waals surface area contributed by atoms with E-state index in [1.54, 1.807) is 0 Å². The van der Waals surface area contributed by atoms with E-state index in [2.05, 4.69) is 12.2 Å². The van der Waals surface area contributed by atoms with Crippen molar-refractivity contribution in [3.8, 4) is 0 Å². The molecule has 1 aliphatic rings. The largest absolute Gasteiger partial charge is 0.342 e. The predicted octanol–water partition coefficient (Wildman–Crippen LogP) is 3.78. The van der Waals surface area contributed by atoms with Crippen LogP contribution in [-0.4, -0.2) is 30.4 Å². The Morgan fingerprint density at radius 3 is 2.52 bits per heavy atom. The lowest BCUT2D eigenvalue weighted by atomic mass is 10.0. The third-order valence-corrected chi connectivity index (χ3v) is 4.31. The van der Waals surface area contributed by atoms with Crippen molar-refractivity contribution in [2.75, 3.05) is 19.6 Å². The van der Waals surface area contributed by atoms with Crippen molar-refractivity contribution < 1.29 is 4.79 Å². The van der Waals surface area contributed by atoms with E-state index < -0.39 is 0 Å². The number of carbonyl (C=O) groups is 1. The quantitative estimate of drug-likeness (QED) is 0.867. The van der Waals surface area contributed by atoms with Crippen molar-refractivity contribution in [1.82, 2.24) is 10.2 Å². The molecule has 1 amide bonds. The molecule has 1 aliphatic heterocycles. The number of nitrogens with zero attached hydrogens (tertiary/aromatic N) is 1. The maximum absolute atomic E-state index is 12.2. The Labute approximate surface area is 132 Å². The highest BCUT2D eigenvalue weighted by atomic mass is 35.5. The zero-order chi connectivity index (χ0) is 15.1. The van der Waals surface area contributed by atoms with E-state index in [0.717, 1.165) is 43.8 Å². The molecule has 1 aromatic carbocycles. The van der Waals surface area contributed by atoms with Crippen LogP contribution in [0.1, 0.15) is 50.6 Å². The number of hydrogen-bond acceptors (Lipinski definition) is 2. The number of amides is 1. The summed E-state index contributed by atoms with van der Waals surface area (Å²) in [5.74, 6) is 0.227. The summed E-state index contributed by atoms with van der Waals surface area (Å²) in [5.41, 5.74) is 1.20. The van der Waals surface area contributed by atoms with Crippen LogP contribution in [0.4, 0.5) is 0 Å². The molecule has 0 spiro atoms. The summed E-state index contributed by atoms with van der Waals surface area (Å²) in [6.45, 7) is 4.42. The lowest BCUT2D eigenvalue weighted by molar-refractivity contribution is -0.131. The fourth-order valence-corrected chi connectivity index (χ4v) is 2.96. The van der Waals surface area contributed by atoms with Gasteiger partial charge in [-0.15, -0.1) is 0 Å². The third-order valence-electron chi connectivity index (χ3n) is 4.06. The number of likely N-dealkylation sites (tertiary alicyclic amines) is 1. The molecular weight excluding hydrogens is 284 g/mol. The first-order valence-electron chi connectivity index (χ1n) is 7.97. The Balaban J connectivity index is 1.90. The molecule has 0 aliphatic carbocycles. The van der Waals surface area contributed by atoms with E-state index in [9.17, 15) is 4.79 Å². The van der Waals surface area contributed by atoms with Crippen LogP contribution in [0.5, 0.6) is 0 Å². The molecule has 1 heterocycles. The second-order valence-corrected chi connectivity index (χ2v) is 6.15. The first-order chi connectivity index (χ1) is 10.2. The first kappa shape index (κ1) is 16.3. The van der Waals surface area contributed by atoms with Crippen LogP contribution in [0.15, 0.2) is 24.3 Å². The van der Waals surface area contributed by atoms with Gasteiger partial charge in [-0.1, -0.05) is 37.1 Å². The summed E-state index contributed by atoms with van der Waals surface area (Å²) in [5, 5.41) is 4.17. The molecule has 1 fully saturated rings. The highest BCUT2D eigenvalue weighted by Crippen LogP contribution is 2.20. The standard InChI is InChI=1S/C17H25ClN2O/c1-2-6-16(14-7-9-15(18)10-8-14)19-13-17(21)20-11-4-3-5-12-20/h7-10,16,19H,2-6,11-13H2,1H3. The van der Waals surface area contributed by atoms with Gasteiger partial charge in [-0.2, -0.15) is 0 Å². The number of piperidine rings is 1. The van der Waals surface area contributed by atoms with E-state index in [1.165, 1.54) is 12.0 Å². The fourth-order valence-electron chi connectivity index (χ4n) is 2.84. The molecule has 0 radical (unpaired) electrons. The average molecular weight is 309 g/mol. The van der Waals surface area contributed by atoms with Gasteiger partial charge in [0, 0.05) is 24.2 Å². The summed E-state index contributed by atoms with van der Waals surface area (Å²) in [6.07, 6.45) is 5.64. The zero-order valence-corrected chi connectivity index (χ0v) is 13.5. The van der Waals surface area contributed by atoms with E-state index in [0.29, 0.717) is 6.54 Å². The summed E-state index contributed by atoms with van der Waals surface area (Å²) >= 11 is 5.94. The topological polar surface area (TPSA) is 32.3 Å². The zero-order valence-electron chi connectivity index (χ0n) is 12.8. The van der Waals surface area contributed by atoms with Crippen LogP contribution in [0, 0.1) is 0 Å². The van der Waals surface area contributed by atoms with Gasteiger partial charge in [0.05, 0.1) is 6.54 Å². The minimum atomic E-state index is 0.223. The van der Waals surface area contributed by atoms with Gasteiger partial charge < -0.3 is 10.2 Å². The van der Waals surface area contributed by atoms with Crippen LogP contribution in [0.25, 0.3) is 0 Å². The number of benzene rings is 1. The fraction of sp³-hybridized carbons (Fsp3) is 0.588. The highest BCUT2D eigenvalue weighted by molar-refractivity contribution is 6.30. The normalized spacial score (nSPS) is 16.8. The minimum Gasteiger partial charge on any atom is -0.342 e. The van der Waals surface area contributed by atoms with Gasteiger partial charge in [0.1, 0.15) is 0 Å². The second-order valence-electron chi connectivity index (χ2n) is 5.72. The lowest BCUT2D eigenvalue weighted by Crippen LogP contribution is -2.41. The van der Waals surface area contributed by atoms with Gasteiger partial charge in [0.2, 0.25) is 5.91 Å². The Kier molecular flexibility index (Phi) is 6.52. The summed E-state index contributed by atoms with van der Waals surface area (Å²) < 4.78 is 0. The van der Waals surface area contributed by atoms with Gasteiger partial charge in [-0.3, -0.25) is 4.79 Å². The van der Waals surface area contributed by atoms with E-state index in [4.69, 9.17) is 11.6 Å². The molecule has 2 rings (SSSR count). The van der Waals surface area contributed by atoms with Crippen molar-refractivity contribution >= 4 is 17.5 Å². The molecule has 116 valence electrons. The molecule has 21 heavy (non-hydrogen) atoms. The molecule has 0 saturated carbocycles. The van der Waals surface area contributed by atoms with Crippen LogP contribution < -0.4 is 5.32 Å². The molecule has 1 N–H and O–H groups in total. The van der Waals surface area contributed by atoms with Crippen molar-refractivity contribution in [3.05, 3.63) is 34.9 Å².